The van der Waals surface area contributed by atoms with Crippen molar-refractivity contribution in [1.29, 1.82) is 0 Å². The highest BCUT2D eigenvalue weighted by Gasteiger charge is 1.98. The van der Waals surface area contributed by atoms with Gasteiger partial charge in [0.25, 0.3) is 0 Å². The third-order valence-electron chi connectivity index (χ3n) is 1.54. The van der Waals surface area contributed by atoms with Crippen molar-refractivity contribution in [2.24, 2.45) is 0 Å². The van der Waals surface area contributed by atoms with Gasteiger partial charge in [-0.25, -0.2) is 4.98 Å². The summed E-state index contributed by atoms with van der Waals surface area (Å²) in [5.74, 6) is 1.11. The van der Waals surface area contributed by atoms with Crippen LogP contribution < -0.4 is 0 Å². The molecule has 0 aliphatic carbocycles. The van der Waals surface area contributed by atoms with Gasteiger partial charge in [-0.05, 0) is 6.42 Å². The van der Waals surface area contributed by atoms with E-state index in [2.05, 4.69) is 11.9 Å². The molecule has 0 fully saturated rings. The van der Waals surface area contributed by atoms with Gasteiger partial charge in [0.05, 0.1) is 0 Å². The molecule has 0 aromatic carbocycles. The summed E-state index contributed by atoms with van der Waals surface area (Å²) in [7, 11) is 1.69. The van der Waals surface area contributed by atoms with Crippen LogP contribution in [0.1, 0.15) is 19.2 Å². The average molecular weight is 154 g/mol. The summed E-state index contributed by atoms with van der Waals surface area (Å²) in [5.41, 5.74) is 0. The lowest BCUT2D eigenvalue weighted by Crippen LogP contribution is -2.03. The molecule has 0 unspecified atom stereocenters. The zero-order valence-electron chi connectivity index (χ0n) is 7.08. The largest absolute Gasteiger partial charge is 0.364 e. The van der Waals surface area contributed by atoms with Crippen molar-refractivity contribution in [2.45, 2.75) is 26.5 Å². The van der Waals surface area contributed by atoms with Crippen molar-refractivity contribution < 1.29 is 4.74 Å². The number of rotatable bonds is 4. The fraction of sp³-hybridized carbons (Fsp3) is 0.625. The molecule has 3 nitrogen and oxygen atoms in total. The van der Waals surface area contributed by atoms with E-state index in [0.29, 0.717) is 6.73 Å². The lowest BCUT2D eigenvalue weighted by Gasteiger charge is -2.03. The second-order valence-corrected chi connectivity index (χ2v) is 2.48. The van der Waals surface area contributed by atoms with Gasteiger partial charge < -0.3 is 9.30 Å². The van der Waals surface area contributed by atoms with Gasteiger partial charge >= 0.3 is 0 Å². The van der Waals surface area contributed by atoms with Crippen molar-refractivity contribution in [3.8, 4) is 0 Å². The number of hydrogen-bond acceptors (Lipinski definition) is 2. The quantitative estimate of drug-likeness (QED) is 0.656. The van der Waals surface area contributed by atoms with Gasteiger partial charge in [-0.2, -0.15) is 0 Å². The molecule has 62 valence electrons. The molecule has 1 aromatic heterocycles. The summed E-state index contributed by atoms with van der Waals surface area (Å²) >= 11 is 0. The molecule has 1 aromatic rings. The smallest absolute Gasteiger partial charge is 0.123 e. The number of nitrogens with zero attached hydrogens (tertiary/aromatic N) is 2. The summed E-state index contributed by atoms with van der Waals surface area (Å²) < 4.78 is 7.01. The maximum atomic E-state index is 5.00. The van der Waals surface area contributed by atoms with E-state index in [1.807, 2.05) is 17.0 Å². The van der Waals surface area contributed by atoms with E-state index in [4.69, 9.17) is 4.74 Å². The Kier molecular flexibility index (Phi) is 3.11. The number of hydrogen-bond donors (Lipinski definition) is 0. The highest BCUT2D eigenvalue weighted by Crippen LogP contribution is 2.00. The van der Waals surface area contributed by atoms with Gasteiger partial charge in [0.1, 0.15) is 12.6 Å². The van der Waals surface area contributed by atoms with E-state index >= 15 is 0 Å². The fourth-order valence-corrected chi connectivity index (χ4v) is 1.05. The third kappa shape index (κ3) is 2.05. The lowest BCUT2D eigenvalue weighted by molar-refractivity contribution is 0.128. The Bertz CT molecular complexity index is 187. The number of methoxy groups -OCH3 is 1. The maximum absolute atomic E-state index is 5.00. The molecular formula is C8H14N2O. The number of ether oxygens (including phenoxy) is 1. The molecule has 0 bridgehead atoms. The van der Waals surface area contributed by atoms with Gasteiger partial charge in [0.15, 0.2) is 0 Å². The molecule has 0 atom stereocenters. The Morgan fingerprint density at radius 1 is 1.64 bits per heavy atom. The molecule has 0 radical (unpaired) electrons. The first kappa shape index (κ1) is 8.27. The van der Waals surface area contributed by atoms with Crippen LogP contribution in [0.4, 0.5) is 0 Å². The van der Waals surface area contributed by atoms with Crippen LogP contribution in [-0.4, -0.2) is 16.7 Å². The molecule has 1 rings (SSSR count). The van der Waals surface area contributed by atoms with Gasteiger partial charge in [0, 0.05) is 25.9 Å². The van der Waals surface area contributed by atoms with Gasteiger partial charge in [0.2, 0.25) is 0 Å². The second kappa shape index (κ2) is 4.13. The van der Waals surface area contributed by atoms with Crippen LogP contribution in [0.15, 0.2) is 12.4 Å². The molecule has 11 heavy (non-hydrogen) atoms. The van der Waals surface area contributed by atoms with Crippen LogP contribution in [0.25, 0.3) is 0 Å². The van der Waals surface area contributed by atoms with Crippen LogP contribution in [0.5, 0.6) is 0 Å². The molecule has 0 saturated heterocycles. The Morgan fingerprint density at radius 3 is 3.09 bits per heavy atom. The van der Waals surface area contributed by atoms with Crippen molar-refractivity contribution >= 4 is 0 Å². The number of imidazole rings is 1. The predicted octanol–water partition coefficient (Wildman–Crippen LogP) is 1.44. The maximum Gasteiger partial charge on any atom is 0.123 e. The van der Waals surface area contributed by atoms with Crippen LogP contribution >= 0.6 is 0 Å². The first-order chi connectivity index (χ1) is 5.38. The lowest BCUT2D eigenvalue weighted by atomic mass is 10.3. The minimum absolute atomic E-state index is 0.606. The zero-order valence-corrected chi connectivity index (χ0v) is 7.08. The van der Waals surface area contributed by atoms with Crippen molar-refractivity contribution in [3.05, 3.63) is 18.2 Å². The molecular weight excluding hydrogens is 140 g/mol. The minimum atomic E-state index is 0.606. The minimum Gasteiger partial charge on any atom is -0.364 e. The van der Waals surface area contributed by atoms with Crippen LogP contribution in [0.2, 0.25) is 0 Å². The summed E-state index contributed by atoms with van der Waals surface area (Å²) in [5, 5.41) is 0. The number of aromatic nitrogens is 2. The SMILES string of the molecule is CCCc1nccn1COC. The molecule has 0 aliphatic heterocycles. The van der Waals surface area contributed by atoms with E-state index in [1.165, 1.54) is 0 Å². The molecule has 0 amide bonds. The molecule has 0 spiro atoms. The highest BCUT2D eigenvalue weighted by atomic mass is 16.5. The topological polar surface area (TPSA) is 27.1 Å². The predicted molar refractivity (Wildman–Crippen MR) is 43.2 cm³/mol. The van der Waals surface area contributed by atoms with Crippen molar-refractivity contribution in [2.75, 3.05) is 7.11 Å². The summed E-state index contributed by atoms with van der Waals surface area (Å²) in [6, 6.07) is 0. The Hall–Kier alpha value is -0.830. The zero-order chi connectivity index (χ0) is 8.10. The van der Waals surface area contributed by atoms with Gasteiger partial charge in [-0.15, -0.1) is 0 Å². The molecule has 1 heterocycles. The summed E-state index contributed by atoms with van der Waals surface area (Å²) in [4.78, 5) is 4.21. The van der Waals surface area contributed by atoms with Gasteiger partial charge in [-0.3, -0.25) is 0 Å². The van der Waals surface area contributed by atoms with E-state index in [1.54, 1.807) is 7.11 Å². The normalized spacial score (nSPS) is 10.4. The van der Waals surface area contributed by atoms with E-state index in [9.17, 15) is 0 Å². The average Bonchev–Trinajstić information content (AvgIpc) is 2.39. The van der Waals surface area contributed by atoms with Crippen LogP contribution in [-0.2, 0) is 17.9 Å². The molecule has 0 aliphatic rings. The highest BCUT2D eigenvalue weighted by molar-refractivity contribution is 4.91. The number of aryl methyl sites for hydroxylation is 1. The Balaban J connectivity index is 2.62. The molecule has 3 heteroatoms. The first-order valence-electron chi connectivity index (χ1n) is 3.87. The van der Waals surface area contributed by atoms with E-state index < -0.39 is 0 Å². The first-order valence-corrected chi connectivity index (χ1v) is 3.87. The Labute approximate surface area is 67.0 Å². The Morgan fingerprint density at radius 2 is 2.45 bits per heavy atom. The summed E-state index contributed by atoms with van der Waals surface area (Å²) in [6.45, 7) is 2.75. The standard InChI is InChI=1S/C8H14N2O/c1-3-4-8-9-5-6-10(8)7-11-2/h5-6H,3-4,7H2,1-2H3. The van der Waals surface area contributed by atoms with Gasteiger partial charge in [-0.1, -0.05) is 6.92 Å². The third-order valence-corrected chi connectivity index (χ3v) is 1.54. The fourth-order valence-electron chi connectivity index (χ4n) is 1.05. The summed E-state index contributed by atoms with van der Waals surface area (Å²) in [6.07, 6.45) is 5.90. The molecule has 0 saturated carbocycles. The molecule has 0 N–H and O–H groups in total. The van der Waals surface area contributed by atoms with E-state index in [-0.39, 0.29) is 0 Å². The van der Waals surface area contributed by atoms with Crippen LogP contribution in [0.3, 0.4) is 0 Å². The van der Waals surface area contributed by atoms with Crippen molar-refractivity contribution in [1.82, 2.24) is 9.55 Å². The van der Waals surface area contributed by atoms with Crippen LogP contribution in [0, 0.1) is 0 Å². The van der Waals surface area contributed by atoms with E-state index in [0.717, 1.165) is 18.7 Å². The monoisotopic (exact) mass is 154 g/mol. The van der Waals surface area contributed by atoms with Crippen molar-refractivity contribution in [3.63, 3.8) is 0 Å². The second-order valence-electron chi connectivity index (χ2n) is 2.48.